The van der Waals surface area contributed by atoms with Gasteiger partial charge in [0.1, 0.15) is 5.82 Å². The lowest BCUT2D eigenvalue weighted by Gasteiger charge is -2.27. The highest BCUT2D eigenvalue weighted by Gasteiger charge is 2.16. The highest BCUT2D eigenvalue weighted by Crippen LogP contribution is 2.11. The van der Waals surface area contributed by atoms with Crippen LogP contribution < -0.4 is 10.2 Å². The van der Waals surface area contributed by atoms with Crippen molar-refractivity contribution in [3.8, 4) is 0 Å². The van der Waals surface area contributed by atoms with E-state index in [4.69, 9.17) is 0 Å². The molecule has 0 atom stereocenters. The Balaban J connectivity index is 2.14. The first-order valence-corrected chi connectivity index (χ1v) is 4.70. The number of hydrogen-bond donors (Lipinski definition) is 1. The zero-order valence-electron chi connectivity index (χ0n) is 8.16. The predicted molar refractivity (Wildman–Crippen MR) is 54.2 cm³/mol. The molecule has 1 N–H and O–H groups in total. The van der Waals surface area contributed by atoms with E-state index in [0.717, 1.165) is 17.9 Å². The number of anilines is 1. The molecule has 0 radical (unpaired) electrons. The monoisotopic (exact) mass is 191 g/mol. The van der Waals surface area contributed by atoms with E-state index in [1.807, 2.05) is 30.2 Å². The van der Waals surface area contributed by atoms with Crippen molar-refractivity contribution in [1.29, 1.82) is 0 Å². The molecule has 1 aliphatic rings. The second-order valence-corrected chi connectivity index (χ2v) is 3.47. The number of rotatable bonds is 1. The zero-order chi connectivity index (χ0) is 9.97. The molecule has 0 aromatic carbocycles. The minimum absolute atomic E-state index is 0.0682. The fourth-order valence-electron chi connectivity index (χ4n) is 1.48. The van der Waals surface area contributed by atoms with Crippen LogP contribution in [0.3, 0.4) is 0 Å². The maximum atomic E-state index is 11.1. The van der Waals surface area contributed by atoms with Crippen LogP contribution in [0, 0.1) is 6.92 Å². The van der Waals surface area contributed by atoms with Crippen LogP contribution in [-0.4, -0.2) is 30.5 Å². The molecular weight excluding hydrogens is 178 g/mol. The average molecular weight is 191 g/mol. The van der Waals surface area contributed by atoms with Crippen LogP contribution in [0.15, 0.2) is 18.3 Å². The van der Waals surface area contributed by atoms with Gasteiger partial charge in [0, 0.05) is 19.3 Å². The lowest BCUT2D eigenvalue weighted by Crippen LogP contribution is -2.48. The fourth-order valence-corrected chi connectivity index (χ4v) is 1.48. The number of nitrogens with zero attached hydrogens (tertiary/aromatic N) is 2. The molecule has 1 aliphatic heterocycles. The quantitative estimate of drug-likeness (QED) is 0.695. The standard InChI is InChI=1S/C10H13N3O/c1-8-2-3-9(12-6-8)13-5-4-11-10(14)7-13/h2-3,6H,4-5,7H2,1H3,(H,11,14). The summed E-state index contributed by atoms with van der Waals surface area (Å²) in [5.74, 6) is 0.948. The van der Waals surface area contributed by atoms with E-state index in [2.05, 4.69) is 10.3 Å². The van der Waals surface area contributed by atoms with Gasteiger partial charge >= 0.3 is 0 Å². The lowest BCUT2D eigenvalue weighted by molar-refractivity contribution is -0.120. The number of amides is 1. The summed E-state index contributed by atoms with van der Waals surface area (Å²) in [6.45, 7) is 3.95. The van der Waals surface area contributed by atoms with Crippen LogP contribution in [0.1, 0.15) is 5.56 Å². The normalized spacial score (nSPS) is 16.6. The maximum absolute atomic E-state index is 11.1. The largest absolute Gasteiger partial charge is 0.353 e. The van der Waals surface area contributed by atoms with Crippen LogP contribution in [-0.2, 0) is 4.79 Å². The second kappa shape index (κ2) is 3.65. The Kier molecular flexibility index (Phi) is 2.35. The molecule has 14 heavy (non-hydrogen) atoms. The van der Waals surface area contributed by atoms with Crippen LogP contribution >= 0.6 is 0 Å². The van der Waals surface area contributed by atoms with Gasteiger partial charge in [-0.25, -0.2) is 4.98 Å². The van der Waals surface area contributed by atoms with Crippen molar-refractivity contribution in [3.63, 3.8) is 0 Å². The molecule has 0 aliphatic carbocycles. The van der Waals surface area contributed by atoms with E-state index in [1.165, 1.54) is 0 Å². The highest BCUT2D eigenvalue weighted by molar-refractivity contribution is 5.82. The molecule has 1 aromatic heterocycles. The number of nitrogens with one attached hydrogen (secondary N) is 1. The van der Waals surface area contributed by atoms with Gasteiger partial charge < -0.3 is 10.2 Å². The third-order valence-electron chi connectivity index (χ3n) is 2.26. The molecule has 0 saturated carbocycles. The van der Waals surface area contributed by atoms with Gasteiger partial charge in [0.05, 0.1) is 6.54 Å². The molecule has 74 valence electrons. The van der Waals surface area contributed by atoms with Crippen LogP contribution in [0.4, 0.5) is 5.82 Å². The summed E-state index contributed by atoms with van der Waals surface area (Å²) in [5.41, 5.74) is 1.13. The van der Waals surface area contributed by atoms with Crippen molar-refractivity contribution >= 4 is 11.7 Å². The van der Waals surface area contributed by atoms with E-state index in [-0.39, 0.29) is 5.91 Å². The Bertz CT molecular complexity index is 334. The van der Waals surface area contributed by atoms with Gasteiger partial charge in [-0.1, -0.05) is 6.07 Å². The van der Waals surface area contributed by atoms with Gasteiger partial charge in [0.15, 0.2) is 0 Å². The summed E-state index contributed by atoms with van der Waals surface area (Å²) in [6.07, 6.45) is 1.82. The number of piperazine rings is 1. The molecule has 0 bridgehead atoms. The van der Waals surface area contributed by atoms with Gasteiger partial charge in [0.2, 0.25) is 5.91 Å². The number of pyridine rings is 1. The van der Waals surface area contributed by atoms with E-state index >= 15 is 0 Å². The number of carbonyl (C=O) groups excluding carboxylic acids is 1. The number of aryl methyl sites for hydroxylation is 1. The van der Waals surface area contributed by atoms with Crippen molar-refractivity contribution < 1.29 is 4.79 Å². The Labute approximate surface area is 82.9 Å². The number of carbonyl (C=O) groups is 1. The first kappa shape index (κ1) is 8.99. The molecule has 4 nitrogen and oxygen atoms in total. The number of hydrogen-bond acceptors (Lipinski definition) is 3. The lowest BCUT2D eigenvalue weighted by atomic mass is 10.3. The van der Waals surface area contributed by atoms with Gasteiger partial charge in [-0.15, -0.1) is 0 Å². The predicted octanol–water partition coefficient (Wildman–Crippen LogP) is 0.326. The Hall–Kier alpha value is -1.58. The van der Waals surface area contributed by atoms with Crippen molar-refractivity contribution in [1.82, 2.24) is 10.3 Å². The molecule has 4 heteroatoms. The van der Waals surface area contributed by atoms with Crippen molar-refractivity contribution in [2.75, 3.05) is 24.5 Å². The van der Waals surface area contributed by atoms with Crippen LogP contribution in [0.5, 0.6) is 0 Å². The zero-order valence-corrected chi connectivity index (χ0v) is 8.16. The SMILES string of the molecule is Cc1ccc(N2CCNC(=O)C2)nc1. The third kappa shape index (κ3) is 1.84. The Morgan fingerprint density at radius 3 is 3.00 bits per heavy atom. The summed E-state index contributed by atoms with van der Waals surface area (Å²) < 4.78 is 0. The summed E-state index contributed by atoms with van der Waals surface area (Å²) in [7, 11) is 0. The Morgan fingerprint density at radius 1 is 1.50 bits per heavy atom. The van der Waals surface area contributed by atoms with Crippen molar-refractivity contribution in [3.05, 3.63) is 23.9 Å². The van der Waals surface area contributed by atoms with Gasteiger partial charge in [-0.2, -0.15) is 0 Å². The van der Waals surface area contributed by atoms with Gasteiger partial charge in [-0.3, -0.25) is 4.79 Å². The summed E-state index contributed by atoms with van der Waals surface area (Å²) in [4.78, 5) is 17.4. The molecule has 0 spiro atoms. The molecule has 1 aromatic rings. The molecule has 1 amide bonds. The van der Waals surface area contributed by atoms with Crippen molar-refractivity contribution in [2.45, 2.75) is 6.92 Å². The third-order valence-corrected chi connectivity index (χ3v) is 2.26. The summed E-state index contributed by atoms with van der Waals surface area (Å²) in [6, 6.07) is 3.96. The second-order valence-electron chi connectivity index (χ2n) is 3.47. The molecule has 2 rings (SSSR count). The van der Waals surface area contributed by atoms with Gasteiger partial charge in [-0.05, 0) is 18.6 Å². The highest BCUT2D eigenvalue weighted by atomic mass is 16.2. The maximum Gasteiger partial charge on any atom is 0.239 e. The average Bonchev–Trinajstić information content (AvgIpc) is 2.19. The minimum atomic E-state index is 0.0682. The topological polar surface area (TPSA) is 45.2 Å². The molecule has 0 unspecified atom stereocenters. The molecule has 1 saturated heterocycles. The van der Waals surface area contributed by atoms with Crippen LogP contribution in [0.2, 0.25) is 0 Å². The smallest absolute Gasteiger partial charge is 0.239 e. The van der Waals surface area contributed by atoms with Gasteiger partial charge in [0.25, 0.3) is 0 Å². The van der Waals surface area contributed by atoms with E-state index < -0.39 is 0 Å². The van der Waals surface area contributed by atoms with E-state index in [0.29, 0.717) is 13.1 Å². The van der Waals surface area contributed by atoms with Crippen LogP contribution in [0.25, 0.3) is 0 Å². The molecule has 2 heterocycles. The summed E-state index contributed by atoms with van der Waals surface area (Å²) in [5, 5.41) is 2.78. The van der Waals surface area contributed by atoms with Crippen molar-refractivity contribution in [2.24, 2.45) is 0 Å². The number of aromatic nitrogens is 1. The van der Waals surface area contributed by atoms with E-state index in [9.17, 15) is 4.79 Å². The first-order chi connectivity index (χ1) is 6.75. The minimum Gasteiger partial charge on any atom is -0.353 e. The van der Waals surface area contributed by atoms with E-state index in [1.54, 1.807) is 0 Å². The Morgan fingerprint density at radius 2 is 2.36 bits per heavy atom. The first-order valence-electron chi connectivity index (χ1n) is 4.70. The molecule has 1 fully saturated rings. The fraction of sp³-hybridized carbons (Fsp3) is 0.400. The summed E-state index contributed by atoms with van der Waals surface area (Å²) >= 11 is 0. The molecular formula is C10H13N3O.